The van der Waals surface area contributed by atoms with Crippen LogP contribution in [0.3, 0.4) is 0 Å². The van der Waals surface area contributed by atoms with Gasteiger partial charge in [0, 0.05) is 12.6 Å². The molecule has 0 aliphatic carbocycles. The molecule has 0 atom stereocenters. The first-order valence-electron chi connectivity index (χ1n) is 6.92. The molecule has 2 N–H and O–H groups in total. The molecular weight excluding hydrogens is 316 g/mol. The summed E-state index contributed by atoms with van der Waals surface area (Å²) < 4.78 is 5.17. The minimum Gasteiger partial charge on any atom is -0.478 e. The van der Waals surface area contributed by atoms with E-state index in [2.05, 4.69) is 5.32 Å². The summed E-state index contributed by atoms with van der Waals surface area (Å²) in [7, 11) is 0. The Bertz CT molecular complexity index is 757. The van der Waals surface area contributed by atoms with Crippen LogP contribution in [-0.2, 0) is 11.3 Å². The quantitative estimate of drug-likeness (QED) is 0.592. The number of nitrogens with one attached hydrogen (secondary N) is 1. The minimum absolute atomic E-state index is 0.0171. The first-order chi connectivity index (χ1) is 11.5. The number of hydrogen-bond acceptors (Lipinski definition) is 5. The Labute approximate surface area is 136 Å². The number of nitrogens with zero attached hydrogens (tertiary/aromatic N) is 1. The lowest BCUT2D eigenvalue weighted by Crippen LogP contribution is -2.28. The number of nitro benzene ring substituents is 1. The molecule has 0 heterocycles. The van der Waals surface area contributed by atoms with E-state index >= 15 is 0 Å². The normalized spacial score (nSPS) is 10.0. The lowest BCUT2D eigenvalue weighted by molar-refractivity contribution is -0.385. The van der Waals surface area contributed by atoms with E-state index in [0.717, 1.165) is 5.56 Å². The fourth-order valence-electron chi connectivity index (χ4n) is 1.89. The second kappa shape index (κ2) is 7.73. The molecule has 2 aromatic rings. The van der Waals surface area contributed by atoms with Crippen LogP contribution in [0.25, 0.3) is 0 Å². The highest BCUT2D eigenvalue weighted by molar-refractivity contribution is 5.87. The maximum Gasteiger partial charge on any atom is 0.335 e. The van der Waals surface area contributed by atoms with E-state index in [9.17, 15) is 19.7 Å². The maximum absolute atomic E-state index is 11.7. The molecular formula is C16H14N2O6. The van der Waals surface area contributed by atoms with Gasteiger partial charge in [0.2, 0.25) is 0 Å². The molecule has 2 rings (SSSR count). The van der Waals surface area contributed by atoms with Gasteiger partial charge >= 0.3 is 11.7 Å². The fraction of sp³-hybridized carbons (Fsp3) is 0.125. The molecule has 1 amide bonds. The van der Waals surface area contributed by atoms with Crippen LogP contribution in [-0.4, -0.2) is 28.5 Å². The number of rotatable bonds is 7. The molecule has 8 nitrogen and oxygen atoms in total. The van der Waals surface area contributed by atoms with Crippen molar-refractivity contribution < 1.29 is 24.4 Å². The number of amides is 1. The summed E-state index contributed by atoms with van der Waals surface area (Å²) in [5, 5.41) is 22.2. The maximum atomic E-state index is 11.7. The standard InChI is InChI=1S/C16H14N2O6/c19-15(10-24-14-4-2-1-3-13(14)18(22)23)17-9-11-5-7-12(8-6-11)16(20)21/h1-8H,9-10H2,(H,17,19)(H,20,21). The van der Waals surface area contributed by atoms with Crippen molar-refractivity contribution in [3.63, 3.8) is 0 Å². The highest BCUT2D eigenvalue weighted by Gasteiger charge is 2.14. The van der Waals surface area contributed by atoms with Crippen LogP contribution in [0.15, 0.2) is 48.5 Å². The topological polar surface area (TPSA) is 119 Å². The zero-order chi connectivity index (χ0) is 17.5. The van der Waals surface area contributed by atoms with E-state index in [0.29, 0.717) is 0 Å². The number of benzene rings is 2. The van der Waals surface area contributed by atoms with Gasteiger partial charge in [0.15, 0.2) is 12.4 Å². The van der Waals surface area contributed by atoms with Gasteiger partial charge in [-0.25, -0.2) is 4.79 Å². The highest BCUT2D eigenvalue weighted by Crippen LogP contribution is 2.25. The van der Waals surface area contributed by atoms with Crippen LogP contribution in [0, 0.1) is 10.1 Å². The van der Waals surface area contributed by atoms with Gasteiger partial charge < -0.3 is 15.2 Å². The monoisotopic (exact) mass is 330 g/mol. The van der Waals surface area contributed by atoms with Crippen molar-refractivity contribution in [3.05, 3.63) is 69.8 Å². The number of nitro groups is 1. The average Bonchev–Trinajstić information content (AvgIpc) is 2.58. The van der Waals surface area contributed by atoms with Crippen molar-refractivity contribution in [2.75, 3.05) is 6.61 Å². The van der Waals surface area contributed by atoms with Crippen molar-refractivity contribution in [1.29, 1.82) is 0 Å². The number of carboxylic acids is 1. The summed E-state index contributed by atoms with van der Waals surface area (Å²) in [4.78, 5) is 32.7. The first kappa shape index (κ1) is 16.9. The fourth-order valence-corrected chi connectivity index (χ4v) is 1.89. The zero-order valence-corrected chi connectivity index (χ0v) is 12.5. The molecule has 0 spiro atoms. The predicted octanol–water partition coefficient (Wildman–Crippen LogP) is 1.99. The number of para-hydroxylation sites is 2. The van der Waals surface area contributed by atoms with Crippen LogP contribution < -0.4 is 10.1 Å². The van der Waals surface area contributed by atoms with Gasteiger partial charge in [-0.05, 0) is 23.8 Å². The smallest absolute Gasteiger partial charge is 0.335 e. The molecule has 0 aliphatic rings. The number of hydrogen-bond donors (Lipinski definition) is 2. The Morgan fingerprint density at radius 3 is 2.42 bits per heavy atom. The van der Waals surface area contributed by atoms with Crippen LogP contribution >= 0.6 is 0 Å². The van der Waals surface area contributed by atoms with E-state index in [-0.39, 0.29) is 30.2 Å². The van der Waals surface area contributed by atoms with Crippen molar-refractivity contribution >= 4 is 17.6 Å². The second-order valence-corrected chi connectivity index (χ2v) is 4.79. The summed E-state index contributed by atoms with van der Waals surface area (Å²) in [6, 6.07) is 11.8. The van der Waals surface area contributed by atoms with Crippen molar-refractivity contribution in [1.82, 2.24) is 5.32 Å². The molecule has 0 aromatic heterocycles. The zero-order valence-electron chi connectivity index (χ0n) is 12.5. The van der Waals surface area contributed by atoms with Crippen molar-refractivity contribution in [2.24, 2.45) is 0 Å². The van der Waals surface area contributed by atoms with Crippen molar-refractivity contribution in [3.8, 4) is 5.75 Å². The Morgan fingerprint density at radius 1 is 1.12 bits per heavy atom. The molecule has 124 valence electrons. The summed E-state index contributed by atoms with van der Waals surface area (Å²) in [5.74, 6) is -1.46. The predicted molar refractivity (Wildman–Crippen MR) is 83.8 cm³/mol. The van der Waals surface area contributed by atoms with Gasteiger partial charge in [0.05, 0.1) is 10.5 Å². The van der Waals surface area contributed by atoms with Gasteiger partial charge in [-0.15, -0.1) is 0 Å². The van der Waals surface area contributed by atoms with E-state index in [4.69, 9.17) is 9.84 Å². The Kier molecular flexibility index (Phi) is 5.45. The van der Waals surface area contributed by atoms with E-state index in [1.54, 1.807) is 18.2 Å². The molecule has 0 saturated heterocycles. The molecule has 0 aliphatic heterocycles. The molecule has 8 heteroatoms. The largest absolute Gasteiger partial charge is 0.478 e. The van der Waals surface area contributed by atoms with Gasteiger partial charge in [-0.3, -0.25) is 14.9 Å². The van der Waals surface area contributed by atoms with Crippen LogP contribution in [0.2, 0.25) is 0 Å². The number of ether oxygens (including phenoxy) is 1. The van der Waals surface area contributed by atoms with Gasteiger partial charge in [-0.1, -0.05) is 24.3 Å². The summed E-state index contributed by atoms with van der Waals surface area (Å²) in [6.07, 6.45) is 0. The summed E-state index contributed by atoms with van der Waals surface area (Å²) >= 11 is 0. The molecule has 0 radical (unpaired) electrons. The van der Waals surface area contributed by atoms with Crippen LogP contribution in [0.5, 0.6) is 5.75 Å². The van der Waals surface area contributed by atoms with E-state index in [1.807, 2.05) is 0 Å². The van der Waals surface area contributed by atoms with Gasteiger partial charge in [0.1, 0.15) is 0 Å². The minimum atomic E-state index is -1.02. The Morgan fingerprint density at radius 2 is 1.79 bits per heavy atom. The van der Waals surface area contributed by atoms with Gasteiger partial charge in [0.25, 0.3) is 5.91 Å². The molecule has 2 aromatic carbocycles. The van der Waals surface area contributed by atoms with Crippen LogP contribution in [0.4, 0.5) is 5.69 Å². The Balaban J connectivity index is 1.86. The van der Waals surface area contributed by atoms with E-state index < -0.39 is 16.8 Å². The molecule has 24 heavy (non-hydrogen) atoms. The lowest BCUT2D eigenvalue weighted by Gasteiger charge is -2.08. The van der Waals surface area contributed by atoms with Gasteiger partial charge in [-0.2, -0.15) is 0 Å². The summed E-state index contributed by atoms with van der Waals surface area (Å²) in [5.41, 5.74) is 0.665. The van der Waals surface area contributed by atoms with Crippen molar-refractivity contribution in [2.45, 2.75) is 6.54 Å². The summed E-state index contributed by atoms with van der Waals surface area (Å²) in [6.45, 7) is -0.170. The molecule has 0 bridgehead atoms. The SMILES string of the molecule is O=C(COc1ccccc1[N+](=O)[O-])NCc1ccc(C(=O)O)cc1. The number of carboxylic acid groups (broad SMARTS) is 1. The molecule has 0 fully saturated rings. The van der Waals surface area contributed by atoms with Crippen LogP contribution in [0.1, 0.15) is 15.9 Å². The number of aromatic carboxylic acids is 1. The number of carbonyl (C=O) groups excluding carboxylic acids is 1. The second-order valence-electron chi connectivity index (χ2n) is 4.79. The third kappa shape index (κ3) is 4.54. The Hall–Kier alpha value is -3.42. The average molecular weight is 330 g/mol. The third-order valence-electron chi connectivity index (χ3n) is 3.11. The highest BCUT2D eigenvalue weighted by atomic mass is 16.6. The molecule has 0 unspecified atom stereocenters. The number of carbonyl (C=O) groups is 2. The van der Waals surface area contributed by atoms with E-state index in [1.165, 1.54) is 30.3 Å². The lowest BCUT2D eigenvalue weighted by atomic mass is 10.1. The molecule has 0 saturated carbocycles. The first-order valence-corrected chi connectivity index (χ1v) is 6.92. The third-order valence-corrected chi connectivity index (χ3v) is 3.11.